The summed E-state index contributed by atoms with van der Waals surface area (Å²) in [7, 11) is -2.96. The van der Waals surface area contributed by atoms with Crippen LogP contribution >= 0.6 is 0 Å². The molecule has 0 aromatic heterocycles. The molecule has 90 valence electrons. The summed E-state index contributed by atoms with van der Waals surface area (Å²) in [6, 6.07) is 0. The van der Waals surface area contributed by atoms with Crippen LogP contribution in [0.25, 0.3) is 0 Å². The van der Waals surface area contributed by atoms with Crippen LogP contribution in [0.15, 0.2) is 0 Å². The SMILES string of the molecule is CC(C)(CNCCC1CCC1)S(C)(=O)=O. The Morgan fingerprint density at radius 1 is 1.33 bits per heavy atom. The first-order valence-corrected chi connectivity index (χ1v) is 7.62. The van der Waals surface area contributed by atoms with Gasteiger partial charge in [0.2, 0.25) is 0 Å². The highest BCUT2D eigenvalue weighted by Gasteiger charge is 2.29. The summed E-state index contributed by atoms with van der Waals surface area (Å²) in [5, 5.41) is 3.25. The predicted octanol–water partition coefficient (Wildman–Crippen LogP) is 1.59. The van der Waals surface area contributed by atoms with E-state index in [0.29, 0.717) is 6.54 Å². The summed E-state index contributed by atoms with van der Waals surface area (Å²) in [5.41, 5.74) is 0. The molecular weight excluding hydrogens is 210 g/mol. The van der Waals surface area contributed by atoms with Crippen molar-refractivity contribution in [2.24, 2.45) is 5.92 Å². The minimum absolute atomic E-state index is 0.554. The molecule has 3 nitrogen and oxygen atoms in total. The summed E-state index contributed by atoms with van der Waals surface area (Å²) in [6.45, 7) is 5.06. The van der Waals surface area contributed by atoms with E-state index in [1.165, 1.54) is 31.9 Å². The van der Waals surface area contributed by atoms with Crippen LogP contribution in [0.5, 0.6) is 0 Å². The van der Waals surface area contributed by atoms with Crippen LogP contribution in [0.2, 0.25) is 0 Å². The molecule has 0 saturated heterocycles. The molecule has 0 aromatic rings. The second-order valence-corrected chi connectivity index (χ2v) is 7.94. The minimum atomic E-state index is -2.96. The number of hydrogen-bond acceptors (Lipinski definition) is 3. The number of rotatable bonds is 6. The maximum Gasteiger partial charge on any atom is 0.153 e. The molecule has 0 amide bonds. The van der Waals surface area contributed by atoms with E-state index in [4.69, 9.17) is 0 Å². The molecule has 0 radical (unpaired) electrons. The van der Waals surface area contributed by atoms with Crippen LogP contribution in [0.3, 0.4) is 0 Å². The summed E-state index contributed by atoms with van der Waals surface area (Å²) in [4.78, 5) is 0. The third-order valence-corrected chi connectivity index (χ3v) is 5.66. The standard InChI is InChI=1S/C11H23NO2S/c1-11(2,15(3,13)14)9-12-8-7-10-5-4-6-10/h10,12H,4-9H2,1-3H3. The van der Waals surface area contributed by atoms with Crippen LogP contribution in [0.1, 0.15) is 39.5 Å². The lowest BCUT2D eigenvalue weighted by Crippen LogP contribution is -2.42. The number of nitrogens with one attached hydrogen (secondary N) is 1. The zero-order valence-electron chi connectivity index (χ0n) is 10.0. The molecule has 4 heteroatoms. The molecule has 15 heavy (non-hydrogen) atoms. The zero-order chi connectivity index (χ0) is 11.5. The van der Waals surface area contributed by atoms with Crippen LogP contribution in [-0.2, 0) is 9.84 Å². The summed E-state index contributed by atoms with van der Waals surface area (Å²) < 4.78 is 22.2. The first-order chi connectivity index (χ1) is 6.83. The van der Waals surface area contributed by atoms with Crippen molar-refractivity contribution in [3.05, 3.63) is 0 Å². The van der Waals surface area contributed by atoms with Crippen molar-refractivity contribution in [1.82, 2.24) is 5.32 Å². The second kappa shape index (κ2) is 4.83. The van der Waals surface area contributed by atoms with E-state index in [2.05, 4.69) is 5.32 Å². The Balaban J connectivity index is 2.18. The molecule has 0 spiro atoms. The lowest BCUT2D eigenvalue weighted by molar-refractivity contribution is 0.291. The monoisotopic (exact) mass is 233 g/mol. The van der Waals surface area contributed by atoms with Crippen molar-refractivity contribution in [2.75, 3.05) is 19.3 Å². The fraction of sp³-hybridized carbons (Fsp3) is 1.00. The van der Waals surface area contributed by atoms with Gasteiger partial charge in [-0.2, -0.15) is 0 Å². The Morgan fingerprint density at radius 3 is 2.33 bits per heavy atom. The largest absolute Gasteiger partial charge is 0.315 e. The van der Waals surface area contributed by atoms with Gasteiger partial charge in [-0.05, 0) is 32.7 Å². The Bertz CT molecular complexity index is 292. The molecule has 1 N–H and O–H groups in total. The predicted molar refractivity (Wildman–Crippen MR) is 63.8 cm³/mol. The third-order valence-electron chi connectivity index (χ3n) is 3.51. The van der Waals surface area contributed by atoms with Crippen molar-refractivity contribution in [3.8, 4) is 0 Å². The molecule has 0 unspecified atom stereocenters. The van der Waals surface area contributed by atoms with Gasteiger partial charge in [0.1, 0.15) is 0 Å². The summed E-state index contributed by atoms with van der Waals surface area (Å²) >= 11 is 0. The van der Waals surface area contributed by atoms with E-state index in [-0.39, 0.29) is 0 Å². The quantitative estimate of drug-likeness (QED) is 0.709. The fourth-order valence-corrected chi connectivity index (χ4v) is 1.97. The summed E-state index contributed by atoms with van der Waals surface area (Å²) in [5.74, 6) is 0.888. The van der Waals surface area contributed by atoms with Gasteiger partial charge in [-0.25, -0.2) is 8.42 Å². The smallest absolute Gasteiger partial charge is 0.153 e. The maximum atomic E-state index is 11.4. The van der Waals surface area contributed by atoms with Gasteiger partial charge in [0, 0.05) is 12.8 Å². The van der Waals surface area contributed by atoms with Gasteiger partial charge in [-0.1, -0.05) is 19.3 Å². The molecule has 0 bridgehead atoms. The normalized spacial score (nSPS) is 18.9. The number of sulfone groups is 1. The van der Waals surface area contributed by atoms with E-state index in [1.807, 2.05) is 0 Å². The van der Waals surface area contributed by atoms with E-state index < -0.39 is 14.6 Å². The molecule has 1 fully saturated rings. The molecule has 0 aliphatic heterocycles. The number of hydrogen-bond donors (Lipinski definition) is 1. The summed E-state index contributed by atoms with van der Waals surface area (Å²) in [6.07, 6.45) is 6.59. The fourth-order valence-electron chi connectivity index (χ4n) is 1.61. The van der Waals surface area contributed by atoms with Crippen LogP contribution in [0.4, 0.5) is 0 Å². The van der Waals surface area contributed by atoms with E-state index in [9.17, 15) is 8.42 Å². The molecule has 0 heterocycles. The third kappa shape index (κ3) is 3.76. The van der Waals surface area contributed by atoms with Gasteiger partial charge in [0.15, 0.2) is 9.84 Å². The Morgan fingerprint density at radius 2 is 1.93 bits per heavy atom. The molecule has 1 aliphatic carbocycles. The first kappa shape index (κ1) is 13.0. The van der Waals surface area contributed by atoms with Gasteiger partial charge < -0.3 is 5.32 Å². The van der Waals surface area contributed by atoms with Crippen molar-refractivity contribution in [1.29, 1.82) is 0 Å². The first-order valence-electron chi connectivity index (χ1n) is 5.73. The molecule has 0 atom stereocenters. The highest BCUT2D eigenvalue weighted by molar-refractivity contribution is 7.92. The van der Waals surface area contributed by atoms with E-state index in [1.54, 1.807) is 13.8 Å². The topological polar surface area (TPSA) is 46.2 Å². The van der Waals surface area contributed by atoms with Crippen molar-refractivity contribution in [3.63, 3.8) is 0 Å². The van der Waals surface area contributed by atoms with Crippen LogP contribution in [0, 0.1) is 5.92 Å². The Labute approximate surface area is 93.6 Å². The second-order valence-electron chi connectivity index (χ2n) is 5.29. The Hall–Kier alpha value is -0.0900. The molecular formula is C11H23NO2S. The molecule has 0 aromatic carbocycles. The van der Waals surface area contributed by atoms with Crippen LogP contribution in [-0.4, -0.2) is 32.5 Å². The average Bonchev–Trinajstić information content (AvgIpc) is 1.98. The highest BCUT2D eigenvalue weighted by Crippen LogP contribution is 2.28. The molecule has 1 saturated carbocycles. The van der Waals surface area contributed by atoms with Crippen molar-refractivity contribution < 1.29 is 8.42 Å². The van der Waals surface area contributed by atoms with Gasteiger partial charge >= 0.3 is 0 Å². The Kier molecular flexibility index (Phi) is 4.18. The minimum Gasteiger partial charge on any atom is -0.315 e. The maximum absolute atomic E-state index is 11.4. The van der Waals surface area contributed by atoms with E-state index in [0.717, 1.165) is 12.5 Å². The van der Waals surface area contributed by atoms with Gasteiger partial charge in [-0.15, -0.1) is 0 Å². The van der Waals surface area contributed by atoms with Gasteiger partial charge in [0.25, 0.3) is 0 Å². The zero-order valence-corrected chi connectivity index (χ0v) is 10.9. The average molecular weight is 233 g/mol. The van der Waals surface area contributed by atoms with Crippen molar-refractivity contribution >= 4 is 9.84 Å². The van der Waals surface area contributed by atoms with E-state index >= 15 is 0 Å². The van der Waals surface area contributed by atoms with Gasteiger partial charge in [0.05, 0.1) is 4.75 Å². The lowest BCUT2D eigenvalue weighted by atomic mass is 9.83. The lowest BCUT2D eigenvalue weighted by Gasteiger charge is -2.27. The highest BCUT2D eigenvalue weighted by atomic mass is 32.2. The molecule has 1 aliphatic rings. The van der Waals surface area contributed by atoms with Gasteiger partial charge in [-0.3, -0.25) is 0 Å². The van der Waals surface area contributed by atoms with Crippen LogP contribution < -0.4 is 5.32 Å². The molecule has 1 rings (SSSR count). The van der Waals surface area contributed by atoms with Crippen molar-refractivity contribution in [2.45, 2.75) is 44.3 Å².